The summed E-state index contributed by atoms with van der Waals surface area (Å²) in [4.78, 5) is 13.5. The first-order valence-electron chi connectivity index (χ1n) is 5.15. The Balaban J connectivity index is 2.69. The van der Waals surface area contributed by atoms with Gasteiger partial charge in [-0.2, -0.15) is 0 Å². The molecule has 0 amide bonds. The average molecular weight is 193 g/mol. The summed E-state index contributed by atoms with van der Waals surface area (Å²) in [5, 5.41) is 0. The number of ketones is 1. The van der Waals surface area contributed by atoms with E-state index in [-0.39, 0.29) is 6.04 Å². The summed E-state index contributed by atoms with van der Waals surface area (Å²) in [5.74, 6) is 0.346. The normalized spacial score (nSPS) is 23.6. The van der Waals surface area contributed by atoms with Gasteiger partial charge in [0.05, 0.1) is 0 Å². The first-order valence-corrected chi connectivity index (χ1v) is 5.15. The van der Waals surface area contributed by atoms with Crippen LogP contribution >= 0.6 is 0 Å². The third-order valence-corrected chi connectivity index (χ3v) is 2.98. The van der Waals surface area contributed by atoms with E-state index in [2.05, 4.69) is 25.0 Å². The molecule has 2 nitrogen and oxygen atoms in total. The number of nitrogens with zero attached hydrogens (tertiary/aromatic N) is 1. The van der Waals surface area contributed by atoms with Crippen molar-refractivity contribution >= 4 is 5.78 Å². The number of likely N-dealkylation sites (tertiary alicyclic amines) is 1. The summed E-state index contributed by atoms with van der Waals surface area (Å²) in [6.07, 6.45) is 2.20. The fourth-order valence-corrected chi connectivity index (χ4v) is 1.78. The number of carbonyl (C=O) groups is 1. The average Bonchev–Trinajstić information content (AvgIpc) is 2.19. The number of carbonyl (C=O) groups excluding carboxylic acids is 1. The fraction of sp³-hybridized carbons (Fsp3) is 0.583. The second-order valence-electron chi connectivity index (χ2n) is 3.97. The lowest BCUT2D eigenvalue weighted by atomic mass is 9.91. The Morgan fingerprint density at radius 2 is 2.21 bits per heavy atom. The highest BCUT2D eigenvalue weighted by atomic mass is 16.1. The predicted octanol–water partition coefficient (Wildman–Crippen LogP) is 2.17. The SMILES string of the molecule is C=C(CC)C(=C)C1CC(=O)CCN1C. The Hall–Kier alpha value is -0.890. The van der Waals surface area contributed by atoms with Crippen molar-refractivity contribution in [3.63, 3.8) is 0 Å². The van der Waals surface area contributed by atoms with Gasteiger partial charge in [-0.15, -0.1) is 0 Å². The van der Waals surface area contributed by atoms with Gasteiger partial charge in [0, 0.05) is 25.4 Å². The molecule has 2 heteroatoms. The largest absolute Gasteiger partial charge is 0.300 e. The summed E-state index contributed by atoms with van der Waals surface area (Å²) in [6, 6.07) is 0.184. The Bertz CT molecular complexity index is 267. The molecular formula is C12H19NO. The number of rotatable bonds is 3. The van der Waals surface area contributed by atoms with Crippen molar-refractivity contribution in [2.24, 2.45) is 0 Å². The number of piperidine rings is 1. The summed E-state index contributed by atoms with van der Waals surface area (Å²) >= 11 is 0. The molecule has 1 atom stereocenters. The lowest BCUT2D eigenvalue weighted by Gasteiger charge is -2.33. The molecule has 1 unspecified atom stereocenters. The molecule has 1 heterocycles. The molecule has 0 N–H and O–H groups in total. The van der Waals surface area contributed by atoms with Gasteiger partial charge in [-0.05, 0) is 19.0 Å². The molecule has 0 aliphatic carbocycles. The monoisotopic (exact) mass is 193 g/mol. The van der Waals surface area contributed by atoms with Gasteiger partial charge in [-0.1, -0.05) is 25.7 Å². The van der Waals surface area contributed by atoms with Gasteiger partial charge < -0.3 is 0 Å². The van der Waals surface area contributed by atoms with E-state index in [1.807, 2.05) is 7.05 Å². The highest BCUT2D eigenvalue weighted by Gasteiger charge is 2.26. The predicted molar refractivity (Wildman–Crippen MR) is 59.2 cm³/mol. The maximum Gasteiger partial charge on any atom is 0.136 e. The molecule has 0 saturated carbocycles. The zero-order chi connectivity index (χ0) is 10.7. The summed E-state index contributed by atoms with van der Waals surface area (Å²) in [7, 11) is 2.05. The molecule has 0 spiro atoms. The van der Waals surface area contributed by atoms with Crippen LogP contribution in [0, 0.1) is 0 Å². The second kappa shape index (κ2) is 4.56. The lowest BCUT2D eigenvalue weighted by molar-refractivity contribution is -0.122. The van der Waals surface area contributed by atoms with E-state index in [1.165, 1.54) is 0 Å². The van der Waals surface area contributed by atoms with Gasteiger partial charge in [-0.25, -0.2) is 0 Å². The number of likely N-dealkylation sites (N-methyl/N-ethyl adjacent to an activating group) is 1. The van der Waals surface area contributed by atoms with Crippen molar-refractivity contribution in [2.45, 2.75) is 32.2 Å². The smallest absolute Gasteiger partial charge is 0.136 e. The van der Waals surface area contributed by atoms with Crippen molar-refractivity contribution in [1.82, 2.24) is 4.90 Å². The van der Waals surface area contributed by atoms with E-state index in [9.17, 15) is 4.79 Å². The maximum atomic E-state index is 11.3. The van der Waals surface area contributed by atoms with E-state index in [1.54, 1.807) is 0 Å². The zero-order valence-corrected chi connectivity index (χ0v) is 9.18. The topological polar surface area (TPSA) is 20.3 Å². The van der Waals surface area contributed by atoms with Crippen molar-refractivity contribution < 1.29 is 4.79 Å². The van der Waals surface area contributed by atoms with Gasteiger partial charge in [-0.3, -0.25) is 9.69 Å². The highest BCUT2D eigenvalue weighted by molar-refractivity contribution is 5.80. The molecule has 1 aliphatic rings. The number of hydrogen-bond acceptors (Lipinski definition) is 2. The van der Waals surface area contributed by atoms with Crippen LogP contribution in [-0.2, 0) is 4.79 Å². The fourth-order valence-electron chi connectivity index (χ4n) is 1.78. The van der Waals surface area contributed by atoms with Gasteiger partial charge in [0.2, 0.25) is 0 Å². The summed E-state index contributed by atoms with van der Waals surface area (Å²) in [6.45, 7) is 10.9. The quantitative estimate of drug-likeness (QED) is 0.640. The van der Waals surface area contributed by atoms with Gasteiger partial charge in [0.15, 0.2) is 0 Å². The number of Topliss-reactive ketones (excluding diaryl/α,β-unsaturated/α-hetero) is 1. The minimum atomic E-state index is 0.184. The molecule has 0 aromatic rings. The summed E-state index contributed by atoms with van der Waals surface area (Å²) < 4.78 is 0. The first-order chi connectivity index (χ1) is 6.56. The van der Waals surface area contributed by atoms with E-state index in [0.717, 1.165) is 24.1 Å². The minimum Gasteiger partial charge on any atom is -0.300 e. The minimum absolute atomic E-state index is 0.184. The van der Waals surface area contributed by atoms with Crippen LogP contribution in [0.1, 0.15) is 26.2 Å². The van der Waals surface area contributed by atoms with Crippen LogP contribution in [0.5, 0.6) is 0 Å². The molecular weight excluding hydrogens is 174 g/mol. The summed E-state index contributed by atoms with van der Waals surface area (Å²) in [5.41, 5.74) is 2.10. The van der Waals surface area contributed by atoms with E-state index < -0.39 is 0 Å². The van der Waals surface area contributed by atoms with Crippen LogP contribution < -0.4 is 0 Å². The Morgan fingerprint density at radius 1 is 1.57 bits per heavy atom. The van der Waals surface area contributed by atoms with Crippen molar-refractivity contribution in [3.8, 4) is 0 Å². The molecule has 1 saturated heterocycles. The van der Waals surface area contributed by atoms with Crippen LogP contribution in [-0.4, -0.2) is 30.3 Å². The van der Waals surface area contributed by atoms with E-state index >= 15 is 0 Å². The Labute approximate surface area is 86.3 Å². The van der Waals surface area contributed by atoms with Crippen molar-refractivity contribution in [3.05, 3.63) is 24.3 Å². The molecule has 14 heavy (non-hydrogen) atoms. The van der Waals surface area contributed by atoms with Crippen LogP contribution in [0.25, 0.3) is 0 Å². The molecule has 0 bridgehead atoms. The van der Waals surface area contributed by atoms with Crippen LogP contribution in [0.15, 0.2) is 24.3 Å². The maximum absolute atomic E-state index is 11.3. The molecule has 1 rings (SSSR count). The third kappa shape index (κ3) is 2.32. The van der Waals surface area contributed by atoms with Crippen LogP contribution in [0.4, 0.5) is 0 Å². The Morgan fingerprint density at radius 3 is 2.79 bits per heavy atom. The second-order valence-corrected chi connectivity index (χ2v) is 3.97. The van der Waals surface area contributed by atoms with Gasteiger partial charge >= 0.3 is 0 Å². The Kier molecular flexibility index (Phi) is 3.64. The van der Waals surface area contributed by atoms with Crippen molar-refractivity contribution in [1.29, 1.82) is 0 Å². The molecule has 1 aliphatic heterocycles. The van der Waals surface area contributed by atoms with Gasteiger partial charge in [0.25, 0.3) is 0 Å². The molecule has 0 radical (unpaired) electrons. The highest BCUT2D eigenvalue weighted by Crippen LogP contribution is 2.24. The molecule has 0 aromatic heterocycles. The van der Waals surface area contributed by atoms with Gasteiger partial charge in [0.1, 0.15) is 5.78 Å². The lowest BCUT2D eigenvalue weighted by Crippen LogP contribution is -2.41. The first kappa shape index (κ1) is 11.2. The number of hydrogen-bond donors (Lipinski definition) is 0. The van der Waals surface area contributed by atoms with E-state index in [4.69, 9.17) is 0 Å². The van der Waals surface area contributed by atoms with Crippen LogP contribution in [0.2, 0.25) is 0 Å². The molecule has 0 aromatic carbocycles. The zero-order valence-electron chi connectivity index (χ0n) is 9.18. The molecule has 78 valence electrons. The van der Waals surface area contributed by atoms with Crippen molar-refractivity contribution in [2.75, 3.05) is 13.6 Å². The van der Waals surface area contributed by atoms with Crippen LogP contribution in [0.3, 0.4) is 0 Å². The third-order valence-electron chi connectivity index (χ3n) is 2.98. The molecule has 1 fully saturated rings. The van der Waals surface area contributed by atoms with E-state index in [0.29, 0.717) is 18.6 Å². The standard InChI is InChI=1S/C12H19NO/c1-5-9(2)10(3)12-8-11(14)6-7-13(12)4/h12H,2-3,5-8H2,1,4H3.